The molecule has 1 atom stereocenters. The van der Waals surface area contributed by atoms with E-state index in [4.69, 9.17) is 5.11 Å². The minimum absolute atomic E-state index is 0.376. The summed E-state index contributed by atoms with van der Waals surface area (Å²) in [6, 6.07) is 7.78. The van der Waals surface area contributed by atoms with Gasteiger partial charge in [0.2, 0.25) is 0 Å². The Kier molecular flexibility index (Phi) is 4.09. The quantitative estimate of drug-likeness (QED) is 0.553. The fraction of sp³-hybridized carbons (Fsp3) is 0.231. The second kappa shape index (κ2) is 5.97. The second-order valence-corrected chi connectivity index (χ2v) is 4.02. The molecule has 0 aliphatic carbocycles. The van der Waals surface area contributed by atoms with Crippen LogP contribution in [0, 0.1) is 0 Å². The highest BCUT2D eigenvalue weighted by atomic mass is 16.3. The molecule has 1 unspecified atom stereocenters. The van der Waals surface area contributed by atoms with E-state index in [2.05, 4.69) is 20.3 Å². The first-order chi connectivity index (χ1) is 8.75. The number of H-pyrrole nitrogens is 1. The molecule has 0 saturated heterocycles. The number of aromatic nitrogens is 2. The van der Waals surface area contributed by atoms with E-state index in [1.807, 2.05) is 30.5 Å². The molecule has 5 nitrogen and oxygen atoms in total. The third-order valence-electron chi connectivity index (χ3n) is 2.38. The first-order valence-electron chi connectivity index (χ1n) is 5.79. The van der Waals surface area contributed by atoms with Gasteiger partial charge in [-0.05, 0) is 19.1 Å². The van der Waals surface area contributed by atoms with E-state index in [0.29, 0.717) is 6.54 Å². The Morgan fingerprint density at radius 1 is 1.44 bits per heavy atom. The number of nitrogens with zero attached hydrogens (tertiary/aromatic N) is 2. The predicted molar refractivity (Wildman–Crippen MR) is 71.9 cm³/mol. The molecule has 1 aromatic carbocycles. The van der Waals surface area contributed by atoms with Crippen LogP contribution in [0.2, 0.25) is 0 Å². The minimum Gasteiger partial charge on any atom is -0.392 e. The lowest BCUT2D eigenvalue weighted by Crippen LogP contribution is -2.22. The number of hydrogen-bond donors (Lipinski definition) is 3. The molecule has 94 valence electrons. The Morgan fingerprint density at radius 2 is 2.22 bits per heavy atom. The van der Waals surface area contributed by atoms with Crippen molar-refractivity contribution < 1.29 is 5.11 Å². The molecular formula is C13H16N4O. The fourth-order valence-corrected chi connectivity index (χ4v) is 1.48. The average molecular weight is 244 g/mol. The number of benzene rings is 1. The third-order valence-corrected chi connectivity index (χ3v) is 2.38. The largest absolute Gasteiger partial charge is 0.392 e. The van der Waals surface area contributed by atoms with Gasteiger partial charge in [-0.3, -0.25) is 0 Å². The van der Waals surface area contributed by atoms with Crippen molar-refractivity contribution in [1.82, 2.24) is 15.3 Å². The number of imidazole rings is 1. The van der Waals surface area contributed by atoms with Crippen molar-refractivity contribution in [3.8, 4) is 11.3 Å². The van der Waals surface area contributed by atoms with Gasteiger partial charge in [-0.1, -0.05) is 12.1 Å². The molecule has 0 fully saturated rings. The summed E-state index contributed by atoms with van der Waals surface area (Å²) in [5.41, 5.74) is 2.82. The van der Waals surface area contributed by atoms with Crippen molar-refractivity contribution >= 4 is 12.0 Å². The van der Waals surface area contributed by atoms with Gasteiger partial charge in [0.1, 0.15) is 0 Å². The zero-order valence-corrected chi connectivity index (χ0v) is 10.2. The molecule has 5 heteroatoms. The third kappa shape index (κ3) is 3.43. The maximum atomic E-state index is 9.06. The Morgan fingerprint density at radius 3 is 2.83 bits per heavy atom. The second-order valence-electron chi connectivity index (χ2n) is 4.02. The Hall–Kier alpha value is -2.14. The Bertz CT molecular complexity index is 488. The number of hydrogen-bond acceptors (Lipinski definition) is 3. The zero-order chi connectivity index (χ0) is 12.8. The lowest BCUT2D eigenvalue weighted by molar-refractivity contribution is 0.198. The van der Waals surface area contributed by atoms with Crippen LogP contribution in [0.1, 0.15) is 6.92 Å². The summed E-state index contributed by atoms with van der Waals surface area (Å²) in [5, 5.41) is 12.0. The van der Waals surface area contributed by atoms with E-state index in [1.54, 1.807) is 19.6 Å². The smallest absolute Gasteiger partial charge is 0.0927 e. The van der Waals surface area contributed by atoms with Crippen molar-refractivity contribution in [1.29, 1.82) is 0 Å². The van der Waals surface area contributed by atoms with Gasteiger partial charge in [-0.15, -0.1) is 0 Å². The van der Waals surface area contributed by atoms with Crippen molar-refractivity contribution in [2.24, 2.45) is 4.99 Å². The Labute approximate surface area is 106 Å². The highest BCUT2D eigenvalue weighted by Gasteiger charge is 1.98. The van der Waals surface area contributed by atoms with Crippen molar-refractivity contribution in [3.05, 3.63) is 36.8 Å². The zero-order valence-electron chi connectivity index (χ0n) is 10.2. The number of rotatable bonds is 5. The van der Waals surface area contributed by atoms with Gasteiger partial charge in [0.05, 0.1) is 30.2 Å². The first-order valence-corrected chi connectivity index (χ1v) is 5.79. The maximum absolute atomic E-state index is 9.06. The van der Waals surface area contributed by atoms with Crippen LogP contribution in [0.15, 0.2) is 41.8 Å². The van der Waals surface area contributed by atoms with Gasteiger partial charge in [0, 0.05) is 18.3 Å². The van der Waals surface area contributed by atoms with E-state index in [1.165, 1.54) is 0 Å². The SMILES string of the molecule is CC(O)CNC=Nc1ccc(-c2c[nH]cn2)cc1. The van der Waals surface area contributed by atoms with Gasteiger partial charge in [0.15, 0.2) is 0 Å². The number of aliphatic imine (C=N–C) groups is 1. The summed E-state index contributed by atoms with van der Waals surface area (Å²) < 4.78 is 0. The molecule has 3 N–H and O–H groups in total. The van der Waals surface area contributed by atoms with Crippen LogP contribution in [-0.4, -0.2) is 34.1 Å². The van der Waals surface area contributed by atoms with Crippen LogP contribution in [0.4, 0.5) is 5.69 Å². The molecule has 1 aromatic heterocycles. The molecule has 0 spiro atoms. The van der Waals surface area contributed by atoms with Crippen molar-refractivity contribution in [3.63, 3.8) is 0 Å². The minimum atomic E-state index is -0.376. The average Bonchev–Trinajstić information content (AvgIpc) is 2.89. The van der Waals surface area contributed by atoms with Crippen LogP contribution < -0.4 is 5.32 Å². The number of nitrogens with one attached hydrogen (secondary N) is 2. The summed E-state index contributed by atoms with van der Waals surface area (Å²) in [7, 11) is 0. The lowest BCUT2D eigenvalue weighted by Gasteiger charge is -2.02. The van der Waals surface area contributed by atoms with Gasteiger partial charge in [0.25, 0.3) is 0 Å². The van der Waals surface area contributed by atoms with Gasteiger partial charge in [-0.25, -0.2) is 9.98 Å². The first kappa shape index (κ1) is 12.3. The summed E-state index contributed by atoms with van der Waals surface area (Å²) >= 11 is 0. The predicted octanol–water partition coefficient (Wildman–Crippen LogP) is 1.71. The van der Waals surface area contributed by atoms with Crippen molar-refractivity contribution in [2.45, 2.75) is 13.0 Å². The van der Waals surface area contributed by atoms with E-state index in [9.17, 15) is 0 Å². The van der Waals surface area contributed by atoms with E-state index in [-0.39, 0.29) is 6.10 Å². The monoisotopic (exact) mass is 244 g/mol. The molecule has 0 amide bonds. The number of aliphatic hydroxyl groups excluding tert-OH is 1. The molecule has 0 saturated carbocycles. The highest BCUT2D eigenvalue weighted by molar-refractivity contribution is 5.65. The summed E-state index contributed by atoms with van der Waals surface area (Å²) in [5.74, 6) is 0. The molecule has 0 radical (unpaired) electrons. The molecule has 2 aromatic rings. The van der Waals surface area contributed by atoms with Crippen LogP contribution in [0.3, 0.4) is 0 Å². The molecule has 0 aliphatic rings. The number of aromatic amines is 1. The molecule has 18 heavy (non-hydrogen) atoms. The maximum Gasteiger partial charge on any atom is 0.0927 e. The number of aliphatic hydroxyl groups is 1. The van der Waals surface area contributed by atoms with Crippen LogP contribution in [0.5, 0.6) is 0 Å². The molecular weight excluding hydrogens is 228 g/mol. The van der Waals surface area contributed by atoms with Crippen LogP contribution in [-0.2, 0) is 0 Å². The Balaban J connectivity index is 1.96. The molecule has 0 bridgehead atoms. The topological polar surface area (TPSA) is 73.3 Å². The standard InChI is InChI=1S/C13H16N4O/c1-10(18)6-14-8-16-12-4-2-11(3-5-12)13-7-15-9-17-13/h2-5,7-10,18H,6H2,1H3,(H,14,16)(H,15,17). The van der Waals surface area contributed by atoms with Crippen LogP contribution in [0.25, 0.3) is 11.3 Å². The molecule has 1 heterocycles. The molecule has 2 rings (SSSR count). The van der Waals surface area contributed by atoms with Crippen LogP contribution >= 0.6 is 0 Å². The molecule has 0 aliphatic heterocycles. The van der Waals surface area contributed by atoms with E-state index in [0.717, 1.165) is 16.9 Å². The van der Waals surface area contributed by atoms with Gasteiger partial charge < -0.3 is 15.4 Å². The van der Waals surface area contributed by atoms with E-state index >= 15 is 0 Å². The lowest BCUT2D eigenvalue weighted by atomic mass is 10.1. The summed E-state index contributed by atoms with van der Waals surface area (Å²) in [6.07, 6.45) is 4.72. The summed E-state index contributed by atoms with van der Waals surface area (Å²) in [4.78, 5) is 11.3. The van der Waals surface area contributed by atoms with E-state index < -0.39 is 0 Å². The summed E-state index contributed by atoms with van der Waals surface area (Å²) in [6.45, 7) is 2.22. The van der Waals surface area contributed by atoms with Gasteiger partial charge >= 0.3 is 0 Å². The van der Waals surface area contributed by atoms with Crippen molar-refractivity contribution in [2.75, 3.05) is 6.54 Å². The normalized spacial score (nSPS) is 12.8. The van der Waals surface area contributed by atoms with Gasteiger partial charge in [-0.2, -0.15) is 0 Å². The highest BCUT2D eigenvalue weighted by Crippen LogP contribution is 2.19. The fourth-order valence-electron chi connectivity index (χ4n) is 1.48.